The van der Waals surface area contributed by atoms with E-state index in [1.165, 1.54) is 0 Å². The van der Waals surface area contributed by atoms with Gasteiger partial charge in [0.15, 0.2) is 0 Å². The minimum absolute atomic E-state index is 0.329. The zero-order chi connectivity index (χ0) is 9.72. The Morgan fingerprint density at radius 1 is 1.75 bits per heavy atom. The molecule has 0 heterocycles. The van der Waals surface area contributed by atoms with Gasteiger partial charge in [-0.05, 0) is 25.0 Å². The molecule has 0 aliphatic rings. The number of carbonyl (C=O) groups is 1. The smallest absolute Gasteiger partial charge is 0.337 e. The predicted molar refractivity (Wildman–Crippen MR) is 49.1 cm³/mol. The van der Waals surface area contributed by atoms with Crippen LogP contribution in [-0.2, 0) is 20.7 Å². The summed E-state index contributed by atoms with van der Waals surface area (Å²) in [5.74, 6) is 0.00858. The van der Waals surface area contributed by atoms with Crippen molar-refractivity contribution in [3.05, 3.63) is 12.2 Å². The third kappa shape index (κ3) is 3.78. The summed E-state index contributed by atoms with van der Waals surface area (Å²) in [6, 6.07) is 0. The van der Waals surface area contributed by atoms with Gasteiger partial charge in [0.1, 0.15) is 5.75 Å². The number of carbonyl (C=O) groups excluding carboxylic acids is 1. The van der Waals surface area contributed by atoms with E-state index < -0.39 is 22.6 Å². The Hall–Kier alpha value is -0.480. The van der Waals surface area contributed by atoms with Crippen molar-refractivity contribution in [1.82, 2.24) is 0 Å². The maximum Gasteiger partial charge on any atom is 0.337 e. The molecule has 4 heteroatoms. The molecule has 0 radical (unpaired) electrons. The molecule has 2 atom stereocenters. The molecule has 0 spiro atoms. The average molecular weight is 190 g/mol. The first-order valence-corrected chi connectivity index (χ1v) is 5.11. The normalized spacial score (nSPS) is 15.0. The maximum atomic E-state index is 11.1. The van der Waals surface area contributed by atoms with Crippen LogP contribution in [-0.4, -0.2) is 21.7 Å². The highest BCUT2D eigenvalue weighted by Crippen LogP contribution is 2.06. The molecule has 2 unspecified atom stereocenters. The average Bonchev–Trinajstić information content (AvgIpc) is 2.02. The fraction of sp³-hybridized carbons (Fsp3) is 0.625. The van der Waals surface area contributed by atoms with E-state index in [1.54, 1.807) is 20.8 Å². The molecule has 0 saturated carbocycles. The number of hydrogen-bond acceptors (Lipinski definition) is 3. The van der Waals surface area contributed by atoms with Crippen LogP contribution in [0.15, 0.2) is 12.2 Å². The minimum Gasteiger partial charge on any atom is -0.613 e. The van der Waals surface area contributed by atoms with Gasteiger partial charge in [-0.25, -0.2) is 4.79 Å². The second-order valence-electron chi connectivity index (χ2n) is 2.42. The van der Waals surface area contributed by atoms with Crippen molar-refractivity contribution in [2.75, 3.05) is 5.75 Å². The molecule has 3 nitrogen and oxygen atoms in total. The fourth-order valence-electron chi connectivity index (χ4n) is 0.540. The maximum absolute atomic E-state index is 11.1. The van der Waals surface area contributed by atoms with Gasteiger partial charge < -0.3 is 9.29 Å². The van der Waals surface area contributed by atoms with Crippen LogP contribution in [0.1, 0.15) is 20.8 Å². The Kier molecular flexibility index (Phi) is 5.01. The molecule has 70 valence electrons. The molecule has 0 fully saturated rings. The minimum atomic E-state index is -1.09. The van der Waals surface area contributed by atoms with Crippen molar-refractivity contribution < 1.29 is 14.1 Å². The van der Waals surface area contributed by atoms with Crippen molar-refractivity contribution in [2.24, 2.45) is 0 Å². The van der Waals surface area contributed by atoms with Crippen LogP contribution in [0.25, 0.3) is 0 Å². The molecule has 0 rings (SSSR count). The Morgan fingerprint density at radius 3 is 2.58 bits per heavy atom. The van der Waals surface area contributed by atoms with E-state index in [9.17, 15) is 9.35 Å². The summed E-state index contributed by atoms with van der Waals surface area (Å²) in [4.78, 5) is 10.9. The Balaban J connectivity index is 3.92. The third-order valence-corrected chi connectivity index (χ3v) is 2.68. The summed E-state index contributed by atoms with van der Waals surface area (Å²) in [7, 11) is 0. The molecular formula is C8H14O3S. The van der Waals surface area contributed by atoms with Gasteiger partial charge in [0.05, 0.1) is 0 Å². The van der Waals surface area contributed by atoms with Gasteiger partial charge in [-0.15, -0.1) is 0 Å². The van der Waals surface area contributed by atoms with Gasteiger partial charge in [-0.3, -0.25) is 0 Å². The van der Waals surface area contributed by atoms with E-state index in [1.807, 2.05) is 0 Å². The standard InChI is InChI=1S/C8H14O3S/c1-5-12(10)7(4)11-8(9)6(2)3/h7H,2,5H2,1,3-4H3. The molecule has 0 bridgehead atoms. The molecule has 0 amide bonds. The van der Waals surface area contributed by atoms with Crippen molar-refractivity contribution in [3.63, 3.8) is 0 Å². The number of rotatable bonds is 4. The summed E-state index contributed by atoms with van der Waals surface area (Å²) in [5.41, 5.74) is -0.214. The highest BCUT2D eigenvalue weighted by Gasteiger charge is 2.19. The first-order chi connectivity index (χ1) is 5.49. The number of esters is 1. The quantitative estimate of drug-likeness (QED) is 0.380. The van der Waals surface area contributed by atoms with E-state index in [4.69, 9.17) is 4.74 Å². The summed E-state index contributed by atoms with van der Waals surface area (Å²) >= 11 is -1.09. The second kappa shape index (κ2) is 5.22. The number of hydrogen-bond donors (Lipinski definition) is 0. The van der Waals surface area contributed by atoms with Gasteiger partial charge in [-0.2, -0.15) is 0 Å². The van der Waals surface area contributed by atoms with Crippen molar-refractivity contribution in [1.29, 1.82) is 0 Å². The van der Waals surface area contributed by atoms with Crippen molar-refractivity contribution in [3.8, 4) is 0 Å². The van der Waals surface area contributed by atoms with Crippen LogP contribution < -0.4 is 0 Å². The van der Waals surface area contributed by atoms with Crippen LogP contribution >= 0.6 is 0 Å². The van der Waals surface area contributed by atoms with E-state index in [0.717, 1.165) is 0 Å². The predicted octanol–water partition coefficient (Wildman–Crippen LogP) is 1.22. The zero-order valence-corrected chi connectivity index (χ0v) is 8.44. The van der Waals surface area contributed by atoms with Gasteiger partial charge in [-0.1, -0.05) is 6.58 Å². The summed E-state index contributed by atoms with van der Waals surface area (Å²) < 4.78 is 15.9. The molecule has 12 heavy (non-hydrogen) atoms. The van der Waals surface area contributed by atoms with Crippen LogP contribution in [0.4, 0.5) is 0 Å². The molecule has 0 aromatic heterocycles. The van der Waals surface area contributed by atoms with E-state index in [-0.39, 0.29) is 0 Å². The molecule has 0 N–H and O–H groups in total. The molecule has 0 saturated heterocycles. The highest BCUT2D eigenvalue weighted by molar-refractivity contribution is 7.91. The van der Waals surface area contributed by atoms with Crippen LogP contribution in [0.2, 0.25) is 0 Å². The molecular weight excluding hydrogens is 176 g/mol. The zero-order valence-electron chi connectivity index (χ0n) is 7.62. The lowest BCUT2D eigenvalue weighted by molar-refractivity contribution is -0.140. The highest BCUT2D eigenvalue weighted by atomic mass is 32.2. The van der Waals surface area contributed by atoms with Crippen molar-refractivity contribution >= 4 is 17.1 Å². The molecule has 0 aromatic carbocycles. The lowest BCUT2D eigenvalue weighted by Crippen LogP contribution is -2.26. The number of ether oxygens (including phenoxy) is 1. The lowest BCUT2D eigenvalue weighted by atomic mass is 10.4. The Labute approximate surface area is 76.0 Å². The third-order valence-electron chi connectivity index (χ3n) is 1.28. The summed E-state index contributed by atoms with van der Waals surface area (Å²) in [6.45, 7) is 8.37. The Bertz CT molecular complexity index is 179. The second-order valence-corrected chi connectivity index (χ2v) is 4.43. The molecule has 0 aromatic rings. The van der Waals surface area contributed by atoms with E-state index in [0.29, 0.717) is 11.3 Å². The van der Waals surface area contributed by atoms with Gasteiger partial charge >= 0.3 is 5.97 Å². The van der Waals surface area contributed by atoms with Crippen molar-refractivity contribution in [2.45, 2.75) is 26.2 Å². The van der Waals surface area contributed by atoms with Crippen LogP contribution in [0, 0.1) is 0 Å². The molecule has 0 aliphatic carbocycles. The SMILES string of the molecule is C=C(C)C(=O)OC(C)[S+]([O-])CC. The first kappa shape index (κ1) is 11.5. The van der Waals surface area contributed by atoms with Gasteiger partial charge in [0.25, 0.3) is 5.44 Å². The first-order valence-electron chi connectivity index (χ1n) is 3.72. The van der Waals surface area contributed by atoms with E-state index >= 15 is 0 Å². The largest absolute Gasteiger partial charge is 0.613 e. The Morgan fingerprint density at radius 2 is 2.25 bits per heavy atom. The lowest BCUT2D eigenvalue weighted by Gasteiger charge is -2.16. The monoisotopic (exact) mass is 190 g/mol. The summed E-state index contributed by atoms with van der Waals surface area (Å²) in [6.07, 6.45) is 0. The van der Waals surface area contributed by atoms with Crippen LogP contribution in [0.5, 0.6) is 0 Å². The van der Waals surface area contributed by atoms with Gasteiger partial charge in [0, 0.05) is 12.5 Å². The van der Waals surface area contributed by atoms with Crippen LogP contribution in [0.3, 0.4) is 0 Å². The van der Waals surface area contributed by atoms with E-state index in [2.05, 4.69) is 6.58 Å². The summed E-state index contributed by atoms with van der Waals surface area (Å²) in [5, 5.41) is 0. The topological polar surface area (TPSA) is 49.4 Å². The molecule has 0 aliphatic heterocycles. The fourth-order valence-corrected chi connectivity index (χ4v) is 1.20. The van der Waals surface area contributed by atoms with Gasteiger partial charge in [0.2, 0.25) is 0 Å².